The smallest absolute Gasteiger partial charge is 0.273 e. The van der Waals surface area contributed by atoms with Crippen LogP contribution in [0.3, 0.4) is 0 Å². The number of carbonyl (C=O) groups excluding carboxylic acids is 2. The quantitative estimate of drug-likeness (QED) is 0.626. The maximum absolute atomic E-state index is 12.4. The summed E-state index contributed by atoms with van der Waals surface area (Å²) in [5.74, 6) is -1.30. The van der Waals surface area contributed by atoms with Gasteiger partial charge in [0.15, 0.2) is 24.0 Å². The van der Waals surface area contributed by atoms with Gasteiger partial charge in [0.2, 0.25) is 5.60 Å². The second kappa shape index (κ2) is 5.18. The van der Waals surface area contributed by atoms with Crippen molar-refractivity contribution in [2.45, 2.75) is 43.5 Å². The largest absolute Gasteiger partial charge is 0.455 e. The van der Waals surface area contributed by atoms with E-state index in [4.69, 9.17) is 18.9 Å². The molecule has 3 heterocycles. The Morgan fingerprint density at radius 2 is 1.86 bits per heavy atom. The fraction of sp³-hybridized carbons (Fsp3) is 0.429. The van der Waals surface area contributed by atoms with Crippen LogP contribution < -0.4 is 4.74 Å². The van der Waals surface area contributed by atoms with Gasteiger partial charge in [0.05, 0.1) is 13.2 Å². The van der Waals surface area contributed by atoms with Gasteiger partial charge in [-0.1, -0.05) is 12.1 Å². The second-order valence-electron chi connectivity index (χ2n) is 7.94. The number of ether oxygens (including phenoxy) is 4. The summed E-state index contributed by atoms with van der Waals surface area (Å²) in [6.07, 6.45) is -0.845. The van der Waals surface area contributed by atoms with Crippen LogP contribution in [0.15, 0.2) is 24.3 Å². The van der Waals surface area contributed by atoms with E-state index in [1.807, 2.05) is 19.1 Å². The molecule has 7 nitrogen and oxygen atoms in total. The number of benzene rings is 2. The number of rotatable bonds is 2. The van der Waals surface area contributed by atoms with Crippen LogP contribution in [-0.2, 0) is 14.2 Å². The highest BCUT2D eigenvalue weighted by Gasteiger charge is 2.80. The van der Waals surface area contributed by atoms with Crippen molar-refractivity contribution >= 4 is 22.3 Å². The molecule has 144 valence electrons. The zero-order valence-electron chi connectivity index (χ0n) is 15.2. The molecule has 3 saturated heterocycles. The summed E-state index contributed by atoms with van der Waals surface area (Å²) < 4.78 is 22.9. The molecule has 0 saturated carbocycles. The second-order valence-corrected chi connectivity index (χ2v) is 7.94. The third-order valence-corrected chi connectivity index (χ3v) is 6.31. The Bertz CT molecular complexity index is 1070. The van der Waals surface area contributed by atoms with Crippen LogP contribution in [0.4, 0.5) is 0 Å². The number of hydrogen-bond donors (Lipinski definition) is 1. The predicted octanol–water partition coefficient (Wildman–Crippen LogP) is 1.90. The Labute approximate surface area is 160 Å². The molecule has 28 heavy (non-hydrogen) atoms. The van der Waals surface area contributed by atoms with E-state index in [1.165, 1.54) is 0 Å². The van der Waals surface area contributed by atoms with Crippen LogP contribution >= 0.6 is 0 Å². The fourth-order valence-corrected chi connectivity index (χ4v) is 4.57. The summed E-state index contributed by atoms with van der Waals surface area (Å²) >= 11 is 0. The average molecular weight is 382 g/mol. The molecule has 2 bridgehead atoms. The highest BCUT2D eigenvalue weighted by molar-refractivity contribution is 6.16. The lowest BCUT2D eigenvalue weighted by Gasteiger charge is -2.35. The number of fused-ring (bicyclic) bond motifs is 5. The summed E-state index contributed by atoms with van der Waals surface area (Å²) in [5.41, 5.74) is 0.645. The number of epoxide rings is 1. The Hall–Kier alpha value is -2.32. The molecule has 1 N–H and O–H groups in total. The number of aliphatic hydroxyl groups is 1. The maximum atomic E-state index is 12.4. The monoisotopic (exact) mass is 382 g/mol. The fourth-order valence-electron chi connectivity index (χ4n) is 4.57. The van der Waals surface area contributed by atoms with Crippen molar-refractivity contribution in [1.29, 1.82) is 0 Å². The summed E-state index contributed by atoms with van der Waals surface area (Å²) in [6.45, 7) is 2.38. The summed E-state index contributed by atoms with van der Waals surface area (Å²) in [4.78, 5) is 24.7. The Morgan fingerprint density at radius 1 is 1.14 bits per heavy atom. The van der Waals surface area contributed by atoms with E-state index in [0.717, 1.165) is 10.9 Å². The molecule has 0 aromatic heterocycles. The molecule has 3 fully saturated rings. The molecule has 2 aromatic carbocycles. The summed E-state index contributed by atoms with van der Waals surface area (Å²) in [7, 11) is 0. The third-order valence-electron chi connectivity index (χ3n) is 6.31. The first-order chi connectivity index (χ1) is 13.4. The van der Waals surface area contributed by atoms with Gasteiger partial charge in [0.25, 0.3) is 5.79 Å². The summed E-state index contributed by atoms with van der Waals surface area (Å²) in [5, 5.41) is 12.8. The highest BCUT2D eigenvalue weighted by atomic mass is 16.8. The van der Waals surface area contributed by atoms with Crippen LogP contribution in [0.25, 0.3) is 10.8 Å². The first kappa shape index (κ1) is 16.6. The number of aryl methyl sites for hydroxylation is 1. The molecule has 0 amide bonds. The minimum Gasteiger partial charge on any atom is -0.455 e. The molecule has 4 aliphatic rings. The average Bonchev–Trinajstić information content (AvgIpc) is 3.28. The molecular weight excluding hydrogens is 364 g/mol. The number of Topliss-reactive ketones (excluding diaryl/α,β-unsaturated/α-hetero) is 2. The van der Waals surface area contributed by atoms with Gasteiger partial charge in [-0.05, 0) is 30.0 Å². The van der Waals surface area contributed by atoms with Gasteiger partial charge in [-0.2, -0.15) is 0 Å². The Balaban J connectivity index is 1.52. The van der Waals surface area contributed by atoms with Crippen molar-refractivity contribution in [3.05, 3.63) is 41.0 Å². The number of ketones is 2. The highest BCUT2D eigenvalue weighted by Crippen LogP contribution is 2.56. The van der Waals surface area contributed by atoms with E-state index in [2.05, 4.69) is 0 Å². The molecule has 4 atom stereocenters. The third kappa shape index (κ3) is 1.92. The lowest BCUT2D eigenvalue weighted by molar-refractivity contribution is -0.222. The molecule has 0 radical (unpaired) electrons. The van der Waals surface area contributed by atoms with Crippen molar-refractivity contribution in [3.8, 4) is 5.75 Å². The molecule has 2 aromatic rings. The van der Waals surface area contributed by atoms with E-state index in [0.29, 0.717) is 22.3 Å². The lowest BCUT2D eigenvalue weighted by atomic mass is 9.87. The topological polar surface area (TPSA) is 94.6 Å². The molecule has 1 aliphatic carbocycles. The molecule has 6 rings (SSSR count). The van der Waals surface area contributed by atoms with Crippen molar-refractivity contribution in [3.63, 3.8) is 0 Å². The molecule has 1 spiro atoms. The number of hydrogen-bond acceptors (Lipinski definition) is 7. The van der Waals surface area contributed by atoms with Crippen LogP contribution in [0.5, 0.6) is 5.75 Å². The van der Waals surface area contributed by atoms with Crippen LogP contribution in [0.2, 0.25) is 0 Å². The van der Waals surface area contributed by atoms with E-state index in [1.54, 1.807) is 12.1 Å². The maximum Gasteiger partial charge on any atom is 0.273 e. The van der Waals surface area contributed by atoms with Gasteiger partial charge in [-0.3, -0.25) is 9.59 Å². The molecule has 3 aliphatic heterocycles. The van der Waals surface area contributed by atoms with Gasteiger partial charge in [-0.15, -0.1) is 0 Å². The van der Waals surface area contributed by atoms with Crippen LogP contribution in [-0.4, -0.2) is 53.7 Å². The standard InChI is InChI=1S/C21H18O7/c1-10-2-3-11-6-13-14(16(23)5-4-15(13)22)7-12(11)18(10)28-21(24)17-8-25-19(27-17)20(21)9-26-20/h2-3,6-7,17,19,24H,4-5,8-9H2,1H3/t17?,19?,20-,21-/m1/s1. The van der Waals surface area contributed by atoms with E-state index in [-0.39, 0.29) is 37.6 Å². The van der Waals surface area contributed by atoms with Gasteiger partial charge >= 0.3 is 0 Å². The number of carbonyl (C=O) groups is 2. The SMILES string of the molecule is Cc1ccc2cc3c(cc2c1O[C@]1(O)C2COC(O2)[C@]12CO2)C(=O)CCC3=O. The minimum atomic E-state index is -1.68. The molecule has 7 heteroatoms. The molecular formula is C21H18O7. The van der Waals surface area contributed by atoms with Crippen LogP contribution in [0.1, 0.15) is 39.1 Å². The van der Waals surface area contributed by atoms with Crippen molar-refractivity contribution in [2.24, 2.45) is 0 Å². The minimum absolute atomic E-state index is 0.0258. The van der Waals surface area contributed by atoms with E-state index >= 15 is 0 Å². The lowest BCUT2D eigenvalue weighted by Crippen LogP contribution is -2.60. The van der Waals surface area contributed by atoms with Crippen molar-refractivity contribution in [1.82, 2.24) is 0 Å². The van der Waals surface area contributed by atoms with Crippen LogP contribution in [0, 0.1) is 6.92 Å². The van der Waals surface area contributed by atoms with E-state index < -0.39 is 23.8 Å². The summed E-state index contributed by atoms with van der Waals surface area (Å²) in [6, 6.07) is 7.20. The normalized spacial score (nSPS) is 35.6. The van der Waals surface area contributed by atoms with Gasteiger partial charge in [0, 0.05) is 29.4 Å². The zero-order chi connectivity index (χ0) is 19.3. The first-order valence-electron chi connectivity index (χ1n) is 9.39. The van der Waals surface area contributed by atoms with Gasteiger partial charge in [0.1, 0.15) is 5.75 Å². The zero-order valence-corrected chi connectivity index (χ0v) is 15.2. The Morgan fingerprint density at radius 3 is 2.57 bits per heavy atom. The van der Waals surface area contributed by atoms with Crippen molar-refractivity contribution in [2.75, 3.05) is 13.2 Å². The van der Waals surface area contributed by atoms with E-state index in [9.17, 15) is 14.7 Å². The van der Waals surface area contributed by atoms with Gasteiger partial charge in [-0.25, -0.2) is 0 Å². The first-order valence-corrected chi connectivity index (χ1v) is 9.39. The Kier molecular flexibility index (Phi) is 3.08. The predicted molar refractivity (Wildman–Crippen MR) is 95.5 cm³/mol. The van der Waals surface area contributed by atoms with Gasteiger partial charge < -0.3 is 24.1 Å². The molecule has 2 unspecified atom stereocenters. The van der Waals surface area contributed by atoms with Crippen molar-refractivity contribution < 1.29 is 33.6 Å².